The minimum absolute atomic E-state index is 0. The predicted molar refractivity (Wildman–Crippen MR) is 56.6 cm³/mol. The molecule has 0 saturated carbocycles. The molecule has 0 aromatic rings. The Labute approximate surface area is 118 Å². The van der Waals surface area contributed by atoms with Gasteiger partial charge in [0.2, 0.25) is 5.92 Å². The summed E-state index contributed by atoms with van der Waals surface area (Å²) in [7, 11) is 0. The van der Waals surface area contributed by atoms with Gasteiger partial charge in [0, 0.05) is 39.1 Å². The van der Waals surface area contributed by atoms with Gasteiger partial charge in [0.25, 0.3) is 0 Å². The van der Waals surface area contributed by atoms with Crippen molar-refractivity contribution >= 4 is 0 Å². The van der Waals surface area contributed by atoms with E-state index in [1.807, 2.05) is 34.1 Å². The van der Waals surface area contributed by atoms with Gasteiger partial charge in [0.05, 0.1) is 0 Å². The largest absolute Gasteiger partial charge is 0.657 e. The molecule has 89 valence electrons. The van der Waals surface area contributed by atoms with Crippen LogP contribution in [0.2, 0.25) is 0 Å². The summed E-state index contributed by atoms with van der Waals surface area (Å²) >= 11 is 0. The van der Waals surface area contributed by atoms with Crippen molar-refractivity contribution < 1.29 is 41.5 Å². The third kappa shape index (κ3) is 8.70. The Morgan fingerprint density at radius 3 is 2.07 bits per heavy atom. The molecule has 0 unspecified atom stereocenters. The number of alkyl halides is 2. The van der Waals surface area contributed by atoms with Crippen LogP contribution >= 0.6 is 0 Å². The first-order chi connectivity index (χ1) is 6.43. The number of hydrogen-bond donors (Lipinski definition) is 0. The molecular weight excluding hydrogens is 273 g/mol. The topological polar surface area (TPSA) is 14.1 Å². The van der Waals surface area contributed by atoms with Crippen LogP contribution in [0.5, 0.6) is 0 Å². The van der Waals surface area contributed by atoms with Gasteiger partial charge in [-0.15, -0.1) is 6.54 Å². The van der Waals surface area contributed by atoms with E-state index in [0.717, 1.165) is 0 Å². The minimum atomic E-state index is -2.53. The molecular formula is C11H21F2NY-2. The van der Waals surface area contributed by atoms with Crippen LogP contribution in [-0.2, 0) is 32.7 Å². The Kier molecular flexibility index (Phi) is 11.0. The third-order valence-corrected chi connectivity index (χ3v) is 2.21. The first-order valence-corrected chi connectivity index (χ1v) is 5.18. The number of nitrogens with zero attached hydrogens (tertiary/aromatic N) is 1. The van der Waals surface area contributed by atoms with Gasteiger partial charge >= 0.3 is 0 Å². The van der Waals surface area contributed by atoms with Gasteiger partial charge in [0.15, 0.2) is 0 Å². The summed E-state index contributed by atoms with van der Waals surface area (Å²) in [4.78, 5) is 0. The Morgan fingerprint density at radius 2 is 1.80 bits per heavy atom. The second kappa shape index (κ2) is 9.01. The summed E-state index contributed by atoms with van der Waals surface area (Å²) in [6.45, 7) is 8.30. The summed E-state index contributed by atoms with van der Waals surface area (Å²) in [6.07, 6.45) is 2.02. The van der Waals surface area contributed by atoms with Crippen LogP contribution in [-0.4, -0.2) is 19.0 Å². The van der Waals surface area contributed by atoms with Gasteiger partial charge in [0.1, 0.15) is 0 Å². The standard InChI is InChI=1S/C8H14F2N.C3H7.Y/c1-6(2)7-3-8(9,10)5-11-4-7;1-3-2;/h6-7H,3-5H2,1-2H3;3H,1-2H3;/q2*-1;/t7-;;/m0../s1. The molecule has 1 saturated heterocycles. The Balaban J connectivity index is 0. The molecule has 1 radical (unpaired) electrons. The maximum absolute atomic E-state index is 12.7. The van der Waals surface area contributed by atoms with E-state index in [-0.39, 0.29) is 51.6 Å². The molecule has 1 atom stereocenters. The quantitative estimate of drug-likeness (QED) is 0.651. The van der Waals surface area contributed by atoms with Crippen molar-refractivity contribution in [3.63, 3.8) is 0 Å². The van der Waals surface area contributed by atoms with Crippen molar-refractivity contribution in [3.05, 3.63) is 11.7 Å². The fourth-order valence-electron chi connectivity index (χ4n) is 1.35. The Morgan fingerprint density at radius 1 is 1.33 bits per heavy atom. The van der Waals surface area contributed by atoms with E-state index in [2.05, 4.69) is 5.32 Å². The van der Waals surface area contributed by atoms with Crippen LogP contribution in [0.4, 0.5) is 8.78 Å². The van der Waals surface area contributed by atoms with E-state index in [1.54, 1.807) is 0 Å². The number of halogens is 2. The van der Waals surface area contributed by atoms with Crippen molar-refractivity contribution in [2.75, 3.05) is 13.1 Å². The zero-order valence-electron chi connectivity index (χ0n) is 10.1. The SMILES string of the molecule is CC(C)[C@@H]1C[N-]CC(F)(F)C1.C[CH-]C.[Y]. The third-order valence-electron chi connectivity index (χ3n) is 2.21. The maximum atomic E-state index is 12.7. The normalized spacial score (nSPS) is 23.8. The summed E-state index contributed by atoms with van der Waals surface area (Å²) in [5.41, 5.74) is 0. The monoisotopic (exact) mass is 294 g/mol. The second-order valence-corrected chi connectivity index (χ2v) is 4.21. The maximum Gasteiger partial charge on any atom is 0.230 e. The average molecular weight is 294 g/mol. The average Bonchev–Trinajstić information content (AvgIpc) is 2.03. The van der Waals surface area contributed by atoms with Gasteiger partial charge < -0.3 is 11.7 Å². The fourth-order valence-corrected chi connectivity index (χ4v) is 1.35. The van der Waals surface area contributed by atoms with E-state index in [0.29, 0.717) is 12.5 Å². The Bertz CT molecular complexity index is 152. The first-order valence-electron chi connectivity index (χ1n) is 5.18. The summed E-state index contributed by atoms with van der Waals surface area (Å²) in [6, 6.07) is 0. The Hall–Kier alpha value is 0.924. The molecule has 1 fully saturated rings. The number of piperidine rings is 1. The van der Waals surface area contributed by atoms with Crippen molar-refractivity contribution in [2.24, 2.45) is 11.8 Å². The van der Waals surface area contributed by atoms with Gasteiger partial charge in [-0.3, -0.25) is 0 Å². The van der Waals surface area contributed by atoms with Crippen LogP contribution in [0.15, 0.2) is 0 Å². The number of hydrogen-bond acceptors (Lipinski definition) is 0. The van der Waals surface area contributed by atoms with Crippen LogP contribution in [0.25, 0.3) is 5.32 Å². The van der Waals surface area contributed by atoms with E-state index in [9.17, 15) is 8.78 Å². The van der Waals surface area contributed by atoms with Crippen LogP contribution in [0.3, 0.4) is 0 Å². The molecule has 1 heterocycles. The molecule has 0 bridgehead atoms. The van der Waals surface area contributed by atoms with Crippen molar-refractivity contribution in [2.45, 2.75) is 40.0 Å². The van der Waals surface area contributed by atoms with Crippen molar-refractivity contribution in [1.82, 2.24) is 0 Å². The summed E-state index contributed by atoms with van der Waals surface area (Å²) in [5, 5.41) is 3.78. The molecule has 0 aromatic heterocycles. The van der Waals surface area contributed by atoms with Gasteiger partial charge in [-0.25, -0.2) is 8.78 Å². The smallest absolute Gasteiger partial charge is 0.230 e. The molecule has 0 N–H and O–H groups in total. The predicted octanol–water partition coefficient (Wildman–Crippen LogP) is 3.90. The van der Waals surface area contributed by atoms with Crippen molar-refractivity contribution in [3.8, 4) is 0 Å². The molecule has 0 spiro atoms. The molecule has 0 aliphatic carbocycles. The summed E-state index contributed by atoms with van der Waals surface area (Å²) in [5.74, 6) is -2.13. The van der Waals surface area contributed by atoms with E-state index in [1.165, 1.54) is 0 Å². The number of rotatable bonds is 1. The zero-order valence-corrected chi connectivity index (χ0v) is 13.0. The second-order valence-electron chi connectivity index (χ2n) is 4.21. The van der Waals surface area contributed by atoms with Crippen LogP contribution < -0.4 is 0 Å². The molecule has 4 heteroatoms. The van der Waals surface area contributed by atoms with Crippen LogP contribution in [0, 0.1) is 18.3 Å². The first kappa shape index (κ1) is 18.3. The fraction of sp³-hybridized carbons (Fsp3) is 0.909. The van der Waals surface area contributed by atoms with Gasteiger partial charge in [-0.2, -0.15) is 13.8 Å². The molecule has 1 rings (SSSR count). The molecule has 0 aromatic carbocycles. The molecule has 1 aliphatic rings. The van der Waals surface area contributed by atoms with Gasteiger partial charge in [-0.05, 0) is 5.92 Å². The zero-order chi connectivity index (χ0) is 11.2. The summed E-state index contributed by atoms with van der Waals surface area (Å²) < 4.78 is 25.4. The molecule has 15 heavy (non-hydrogen) atoms. The molecule has 0 amide bonds. The van der Waals surface area contributed by atoms with Gasteiger partial charge in [-0.1, -0.05) is 26.3 Å². The van der Waals surface area contributed by atoms with E-state index < -0.39 is 5.92 Å². The minimum Gasteiger partial charge on any atom is -0.657 e. The molecule has 1 aliphatic heterocycles. The van der Waals surface area contributed by atoms with E-state index >= 15 is 0 Å². The van der Waals surface area contributed by atoms with Crippen molar-refractivity contribution in [1.29, 1.82) is 0 Å². The van der Waals surface area contributed by atoms with E-state index in [4.69, 9.17) is 0 Å². The van der Waals surface area contributed by atoms with Crippen LogP contribution in [0.1, 0.15) is 34.1 Å². The molecule has 1 nitrogen and oxygen atoms in total.